The fourth-order valence-electron chi connectivity index (χ4n) is 2.45. The second-order valence-corrected chi connectivity index (χ2v) is 6.01. The van der Waals surface area contributed by atoms with Crippen molar-refractivity contribution >= 4 is 22.5 Å². The van der Waals surface area contributed by atoms with E-state index >= 15 is 0 Å². The molecule has 0 aliphatic carbocycles. The topological polar surface area (TPSA) is 36.4 Å². The number of pyridine rings is 1. The predicted octanol–water partition coefficient (Wildman–Crippen LogP) is 3.79. The van der Waals surface area contributed by atoms with Gasteiger partial charge in [0.1, 0.15) is 5.15 Å². The number of nitrogens with zero attached hydrogens (tertiary/aromatic N) is 2. The number of fused-ring (bicyclic) bond motifs is 1. The zero-order valence-corrected chi connectivity index (χ0v) is 13.5. The van der Waals surface area contributed by atoms with Crippen LogP contribution in [0.1, 0.15) is 30.4 Å². The number of halogens is 1. The molecule has 0 spiro atoms. The molecule has 1 heterocycles. The summed E-state index contributed by atoms with van der Waals surface area (Å²) in [6.07, 6.45) is 3.03. The van der Waals surface area contributed by atoms with Crippen LogP contribution in [0.4, 0.5) is 0 Å². The van der Waals surface area contributed by atoms with Gasteiger partial charge in [0.2, 0.25) is 0 Å². The van der Waals surface area contributed by atoms with E-state index in [2.05, 4.69) is 48.1 Å². The monoisotopic (exact) mass is 306 g/mol. The fraction of sp³-hybridized carbons (Fsp3) is 0.471. The number of benzene rings is 1. The molecule has 3 nitrogen and oxygen atoms in total. The first kappa shape index (κ1) is 16.2. The highest BCUT2D eigenvalue weighted by Crippen LogP contribution is 2.22. The van der Waals surface area contributed by atoms with Gasteiger partial charge in [-0.25, -0.2) is 4.98 Å². The summed E-state index contributed by atoms with van der Waals surface area (Å²) in [5.41, 5.74) is 3.21. The Kier molecular flexibility index (Phi) is 5.97. The Morgan fingerprint density at radius 2 is 2.00 bits per heavy atom. The minimum atomic E-state index is 0.281. The van der Waals surface area contributed by atoms with Gasteiger partial charge in [-0.2, -0.15) is 0 Å². The Morgan fingerprint density at radius 1 is 1.19 bits per heavy atom. The Morgan fingerprint density at radius 3 is 2.76 bits per heavy atom. The molecule has 21 heavy (non-hydrogen) atoms. The first-order valence-corrected chi connectivity index (χ1v) is 7.83. The van der Waals surface area contributed by atoms with Crippen molar-refractivity contribution < 1.29 is 5.11 Å². The third-order valence-corrected chi connectivity index (χ3v) is 3.96. The van der Waals surface area contributed by atoms with E-state index in [1.54, 1.807) is 0 Å². The maximum atomic E-state index is 8.78. The highest BCUT2D eigenvalue weighted by molar-refractivity contribution is 6.30. The molecule has 0 radical (unpaired) electrons. The van der Waals surface area contributed by atoms with Crippen molar-refractivity contribution in [2.24, 2.45) is 0 Å². The third-order valence-electron chi connectivity index (χ3n) is 3.64. The molecule has 4 heteroatoms. The van der Waals surface area contributed by atoms with Gasteiger partial charge in [0, 0.05) is 24.1 Å². The van der Waals surface area contributed by atoms with Crippen LogP contribution in [0.15, 0.2) is 24.3 Å². The van der Waals surface area contributed by atoms with E-state index in [4.69, 9.17) is 16.7 Å². The van der Waals surface area contributed by atoms with Gasteiger partial charge < -0.3 is 10.0 Å². The molecular formula is C17H23ClN2O. The molecule has 0 saturated carbocycles. The molecule has 0 atom stereocenters. The van der Waals surface area contributed by atoms with Crippen molar-refractivity contribution in [2.75, 3.05) is 20.2 Å². The molecule has 2 rings (SSSR count). The maximum Gasteiger partial charge on any atom is 0.134 e. The predicted molar refractivity (Wildman–Crippen MR) is 88.8 cm³/mol. The van der Waals surface area contributed by atoms with E-state index in [1.165, 1.54) is 5.56 Å². The van der Waals surface area contributed by atoms with E-state index in [0.29, 0.717) is 5.15 Å². The van der Waals surface area contributed by atoms with Crippen molar-refractivity contribution in [3.05, 3.63) is 40.5 Å². The molecule has 0 unspecified atom stereocenters. The lowest BCUT2D eigenvalue weighted by molar-refractivity contribution is 0.271. The van der Waals surface area contributed by atoms with Crippen LogP contribution in [0.5, 0.6) is 0 Å². The number of hydrogen-bond acceptors (Lipinski definition) is 3. The molecule has 0 amide bonds. The summed E-state index contributed by atoms with van der Waals surface area (Å²) >= 11 is 6.31. The van der Waals surface area contributed by atoms with Gasteiger partial charge in [0.05, 0.1) is 5.52 Å². The largest absolute Gasteiger partial charge is 0.396 e. The summed E-state index contributed by atoms with van der Waals surface area (Å²) in [7, 11) is 2.09. The normalized spacial score (nSPS) is 11.5. The van der Waals surface area contributed by atoms with Crippen molar-refractivity contribution in [1.82, 2.24) is 9.88 Å². The number of hydrogen-bond donors (Lipinski definition) is 1. The van der Waals surface area contributed by atoms with Crippen LogP contribution in [-0.4, -0.2) is 35.2 Å². The van der Waals surface area contributed by atoms with Crippen LogP contribution in [0.2, 0.25) is 5.15 Å². The summed E-state index contributed by atoms with van der Waals surface area (Å²) in [5.74, 6) is 0. The smallest absolute Gasteiger partial charge is 0.134 e. The third kappa shape index (κ3) is 4.67. The number of unbranched alkanes of at least 4 members (excludes halogenated alkanes) is 2. The molecule has 0 saturated heterocycles. The van der Waals surface area contributed by atoms with E-state index in [-0.39, 0.29) is 6.61 Å². The van der Waals surface area contributed by atoms with Crippen LogP contribution < -0.4 is 0 Å². The van der Waals surface area contributed by atoms with Crippen molar-refractivity contribution in [2.45, 2.75) is 32.7 Å². The number of aromatic nitrogens is 1. The second-order valence-electron chi connectivity index (χ2n) is 5.66. The van der Waals surface area contributed by atoms with Gasteiger partial charge in [-0.05, 0) is 57.5 Å². The SMILES string of the molecule is Cc1ccc2cc(CN(C)CCCCCO)c(Cl)nc2c1. The summed E-state index contributed by atoms with van der Waals surface area (Å²) in [6.45, 7) is 4.14. The van der Waals surface area contributed by atoms with Crippen LogP contribution in [0, 0.1) is 6.92 Å². The van der Waals surface area contributed by atoms with Gasteiger partial charge in [-0.3, -0.25) is 0 Å². The summed E-state index contributed by atoms with van der Waals surface area (Å²) in [4.78, 5) is 6.76. The van der Waals surface area contributed by atoms with E-state index in [0.717, 1.165) is 48.8 Å². The first-order valence-electron chi connectivity index (χ1n) is 7.45. The Bertz CT molecular complexity index is 601. The van der Waals surface area contributed by atoms with Gasteiger partial charge >= 0.3 is 0 Å². The zero-order valence-electron chi connectivity index (χ0n) is 12.8. The summed E-state index contributed by atoms with van der Waals surface area (Å²) in [5, 5.41) is 10.5. The van der Waals surface area contributed by atoms with Crippen molar-refractivity contribution in [3.8, 4) is 0 Å². The lowest BCUT2D eigenvalue weighted by Gasteiger charge is -2.17. The summed E-state index contributed by atoms with van der Waals surface area (Å²) < 4.78 is 0. The second kappa shape index (κ2) is 7.74. The number of aliphatic hydroxyl groups is 1. The average Bonchev–Trinajstić information content (AvgIpc) is 2.45. The standard InChI is InChI=1S/C17H23ClN2O/c1-13-6-7-14-11-15(17(18)19-16(14)10-13)12-20(2)8-4-3-5-9-21/h6-7,10-11,21H,3-5,8-9,12H2,1-2H3. The van der Waals surface area contributed by atoms with Crippen molar-refractivity contribution in [1.29, 1.82) is 0 Å². The molecule has 0 aliphatic rings. The minimum Gasteiger partial charge on any atom is -0.396 e. The molecule has 0 aliphatic heterocycles. The van der Waals surface area contributed by atoms with Crippen LogP contribution in [0.3, 0.4) is 0 Å². The maximum absolute atomic E-state index is 8.78. The summed E-state index contributed by atoms with van der Waals surface area (Å²) in [6, 6.07) is 8.39. The lowest BCUT2D eigenvalue weighted by atomic mass is 10.1. The van der Waals surface area contributed by atoms with Crippen LogP contribution in [0.25, 0.3) is 10.9 Å². The fourth-order valence-corrected chi connectivity index (χ4v) is 2.65. The molecule has 1 aromatic heterocycles. The Balaban J connectivity index is 2.04. The van der Waals surface area contributed by atoms with Gasteiger partial charge in [0.15, 0.2) is 0 Å². The van der Waals surface area contributed by atoms with Gasteiger partial charge in [0.25, 0.3) is 0 Å². The molecule has 0 fully saturated rings. The molecule has 1 aromatic carbocycles. The minimum absolute atomic E-state index is 0.281. The lowest BCUT2D eigenvalue weighted by Crippen LogP contribution is -2.19. The van der Waals surface area contributed by atoms with Crippen LogP contribution >= 0.6 is 11.6 Å². The van der Waals surface area contributed by atoms with Crippen LogP contribution in [-0.2, 0) is 6.54 Å². The number of rotatable bonds is 7. The molecular weight excluding hydrogens is 284 g/mol. The van der Waals surface area contributed by atoms with E-state index in [1.807, 2.05) is 0 Å². The quantitative estimate of drug-likeness (QED) is 0.624. The molecule has 1 N–H and O–H groups in total. The van der Waals surface area contributed by atoms with E-state index < -0.39 is 0 Å². The van der Waals surface area contributed by atoms with Gasteiger partial charge in [-0.1, -0.05) is 23.7 Å². The molecule has 0 bridgehead atoms. The van der Waals surface area contributed by atoms with E-state index in [9.17, 15) is 0 Å². The number of aliphatic hydroxyl groups excluding tert-OH is 1. The highest BCUT2D eigenvalue weighted by Gasteiger charge is 2.08. The Hall–Kier alpha value is -1.16. The Labute approximate surface area is 131 Å². The average molecular weight is 307 g/mol. The number of aryl methyl sites for hydroxylation is 1. The first-order chi connectivity index (χ1) is 10.1. The zero-order chi connectivity index (χ0) is 15.2. The highest BCUT2D eigenvalue weighted by atomic mass is 35.5. The molecule has 114 valence electrons. The van der Waals surface area contributed by atoms with Gasteiger partial charge in [-0.15, -0.1) is 0 Å². The van der Waals surface area contributed by atoms with Crippen molar-refractivity contribution in [3.63, 3.8) is 0 Å². The molecule has 2 aromatic rings.